The first-order chi connectivity index (χ1) is 15.3. The fourth-order valence-electron chi connectivity index (χ4n) is 3.78. The van der Waals surface area contributed by atoms with Gasteiger partial charge in [-0.15, -0.1) is 0 Å². The summed E-state index contributed by atoms with van der Waals surface area (Å²) in [6.07, 6.45) is 0.587. The molecule has 0 unspecified atom stereocenters. The Morgan fingerprint density at radius 2 is 2.06 bits per heavy atom. The summed E-state index contributed by atoms with van der Waals surface area (Å²) in [5.74, 6) is 0.511. The van der Waals surface area contributed by atoms with Crippen LogP contribution in [0, 0.1) is 12.7 Å². The predicted octanol–water partition coefficient (Wildman–Crippen LogP) is 2.08. The third kappa shape index (κ3) is 4.67. The van der Waals surface area contributed by atoms with Crippen LogP contribution < -0.4 is 15.1 Å². The van der Waals surface area contributed by atoms with Crippen LogP contribution in [-0.2, 0) is 9.53 Å². The summed E-state index contributed by atoms with van der Waals surface area (Å²) in [7, 11) is 0. The molecule has 0 saturated carbocycles. The third-order valence-electron chi connectivity index (χ3n) is 5.44. The van der Waals surface area contributed by atoms with E-state index in [0.717, 1.165) is 0 Å². The van der Waals surface area contributed by atoms with E-state index in [1.54, 1.807) is 25.3 Å². The first-order valence-corrected chi connectivity index (χ1v) is 10.7. The molecule has 2 aliphatic heterocycles. The molecule has 1 aromatic carbocycles. The molecule has 0 radical (unpaired) electrons. The summed E-state index contributed by atoms with van der Waals surface area (Å²) < 4.78 is 25.7. The number of thiocarbonyl (C=S) groups is 1. The fraction of sp³-hybridized carbons (Fsp3) is 0.429. The molecule has 0 aliphatic carbocycles. The van der Waals surface area contributed by atoms with Gasteiger partial charge in [0.2, 0.25) is 5.91 Å². The van der Waals surface area contributed by atoms with Crippen molar-refractivity contribution in [2.45, 2.75) is 20.0 Å². The Hall–Kier alpha value is -3.21. The number of piperazine rings is 1. The molecule has 0 bridgehead atoms. The molecular weight excluding hydrogens is 437 g/mol. The van der Waals surface area contributed by atoms with Crippen LogP contribution in [0.1, 0.15) is 18.6 Å². The van der Waals surface area contributed by atoms with Crippen LogP contribution in [0.3, 0.4) is 0 Å². The van der Waals surface area contributed by atoms with Crippen molar-refractivity contribution in [2.24, 2.45) is 0 Å². The van der Waals surface area contributed by atoms with Gasteiger partial charge in [-0.1, -0.05) is 12.2 Å². The number of aryl methyl sites for hydroxylation is 1. The van der Waals surface area contributed by atoms with Gasteiger partial charge in [0, 0.05) is 40.0 Å². The maximum absolute atomic E-state index is 14.9. The Labute approximate surface area is 190 Å². The molecule has 2 fully saturated rings. The zero-order valence-electron chi connectivity index (χ0n) is 17.8. The number of hydrogen-bond donors (Lipinski definition) is 1. The average Bonchev–Trinajstić information content (AvgIpc) is 3.37. The van der Waals surface area contributed by atoms with Gasteiger partial charge < -0.3 is 24.3 Å². The highest BCUT2D eigenvalue weighted by Crippen LogP contribution is 2.28. The second-order valence-corrected chi connectivity index (χ2v) is 8.10. The Kier molecular flexibility index (Phi) is 6.26. The molecule has 4 rings (SSSR count). The molecule has 2 amide bonds. The van der Waals surface area contributed by atoms with E-state index in [1.807, 2.05) is 9.80 Å². The number of carbonyl (C=O) groups is 2. The molecule has 0 spiro atoms. The lowest BCUT2D eigenvalue weighted by Crippen LogP contribution is -2.48. The van der Waals surface area contributed by atoms with Crippen LogP contribution in [0.5, 0.6) is 0 Å². The molecule has 11 heteroatoms. The van der Waals surface area contributed by atoms with Gasteiger partial charge in [0.25, 0.3) is 0 Å². The van der Waals surface area contributed by atoms with Crippen LogP contribution in [0.4, 0.5) is 20.6 Å². The smallest absolute Gasteiger partial charge is 0.414 e. The van der Waals surface area contributed by atoms with E-state index in [4.69, 9.17) is 21.4 Å². The number of anilines is 2. The molecule has 1 aromatic heterocycles. The minimum Gasteiger partial charge on any atom is -0.442 e. The van der Waals surface area contributed by atoms with E-state index in [-0.39, 0.29) is 19.0 Å². The summed E-state index contributed by atoms with van der Waals surface area (Å²) >= 11 is 5.49. The Bertz CT molecular complexity index is 1040. The molecule has 2 saturated heterocycles. The SMILES string of the molecule is CC(=O)NC[C@H]1CN(c2ccc(N3CCN(C(=S)c4cnc(C)o4)CC3)c(F)c2)C(=O)O1. The van der Waals surface area contributed by atoms with Crippen molar-refractivity contribution >= 4 is 40.6 Å². The normalized spacial score (nSPS) is 18.7. The molecule has 2 aliphatic rings. The van der Waals surface area contributed by atoms with E-state index < -0.39 is 18.0 Å². The number of benzene rings is 1. The number of rotatable bonds is 5. The number of amides is 2. The molecule has 32 heavy (non-hydrogen) atoms. The van der Waals surface area contributed by atoms with Crippen molar-refractivity contribution in [3.05, 3.63) is 41.9 Å². The summed E-state index contributed by atoms with van der Waals surface area (Å²) in [5.41, 5.74) is 0.888. The Morgan fingerprint density at radius 1 is 1.31 bits per heavy atom. The van der Waals surface area contributed by atoms with Gasteiger partial charge in [-0.25, -0.2) is 14.2 Å². The number of carbonyl (C=O) groups excluding carboxylic acids is 2. The topological polar surface area (TPSA) is 91.2 Å². The summed E-state index contributed by atoms with van der Waals surface area (Å²) in [6.45, 7) is 6.06. The van der Waals surface area contributed by atoms with Crippen LogP contribution in [-0.4, -0.2) is 72.2 Å². The van der Waals surface area contributed by atoms with Gasteiger partial charge in [0.05, 0.1) is 30.7 Å². The lowest BCUT2D eigenvalue weighted by molar-refractivity contribution is -0.119. The first-order valence-electron chi connectivity index (χ1n) is 10.3. The van der Waals surface area contributed by atoms with Gasteiger partial charge in [0.15, 0.2) is 11.7 Å². The van der Waals surface area contributed by atoms with Crippen molar-refractivity contribution < 1.29 is 23.1 Å². The largest absolute Gasteiger partial charge is 0.442 e. The zero-order chi connectivity index (χ0) is 22.8. The number of ether oxygens (including phenoxy) is 1. The minimum atomic E-state index is -0.558. The average molecular weight is 462 g/mol. The monoisotopic (exact) mass is 461 g/mol. The van der Waals surface area contributed by atoms with E-state index >= 15 is 0 Å². The Balaban J connectivity index is 1.37. The molecule has 9 nitrogen and oxygen atoms in total. The third-order valence-corrected chi connectivity index (χ3v) is 5.89. The highest BCUT2D eigenvalue weighted by Gasteiger charge is 2.33. The van der Waals surface area contributed by atoms with Crippen molar-refractivity contribution in [3.63, 3.8) is 0 Å². The molecule has 1 N–H and O–H groups in total. The number of nitrogens with one attached hydrogen (secondary N) is 1. The summed E-state index contributed by atoms with van der Waals surface area (Å²) in [5, 5.41) is 2.62. The van der Waals surface area contributed by atoms with E-state index in [0.29, 0.717) is 54.2 Å². The number of nitrogens with zero attached hydrogens (tertiary/aromatic N) is 4. The summed E-state index contributed by atoms with van der Waals surface area (Å²) in [6, 6.07) is 4.72. The van der Waals surface area contributed by atoms with E-state index in [1.165, 1.54) is 17.9 Å². The number of cyclic esters (lactones) is 1. The molecular formula is C21H24FN5O4S. The molecule has 1 atom stereocenters. The van der Waals surface area contributed by atoms with Gasteiger partial charge in [0.1, 0.15) is 16.9 Å². The maximum atomic E-state index is 14.9. The Morgan fingerprint density at radius 3 is 2.69 bits per heavy atom. The van der Waals surface area contributed by atoms with E-state index in [2.05, 4.69) is 10.3 Å². The highest BCUT2D eigenvalue weighted by atomic mass is 32.1. The van der Waals surface area contributed by atoms with Gasteiger partial charge in [-0.05, 0) is 18.2 Å². The number of halogens is 1. The van der Waals surface area contributed by atoms with Crippen molar-refractivity contribution in [2.75, 3.05) is 49.1 Å². The maximum Gasteiger partial charge on any atom is 0.414 e. The second-order valence-electron chi connectivity index (χ2n) is 7.71. The lowest BCUT2D eigenvalue weighted by Gasteiger charge is -2.37. The van der Waals surface area contributed by atoms with Crippen LogP contribution in [0.2, 0.25) is 0 Å². The quantitative estimate of drug-likeness (QED) is 0.677. The van der Waals surface area contributed by atoms with Crippen molar-refractivity contribution in [1.82, 2.24) is 15.2 Å². The second kappa shape index (κ2) is 9.11. The highest BCUT2D eigenvalue weighted by molar-refractivity contribution is 7.80. The van der Waals surface area contributed by atoms with Gasteiger partial charge in [-0.2, -0.15) is 0 Å². The summed E-state index contributed by atoms with van der Waals surface area (Å²) in [4.78, 5) is 33.3. The van der Waals surface area contributed by atoms with Crippen LogP contribution in [0.25, 0.3) is 0 Å². The molecule has 3 heterocycles. The van der Waals surface area contributed by atoms with Crippen LogP contribution >= 0.6 is 12.2 Å². The lowest BCUT2D eigenvalue weighted by atomic mass is 10.2. The van der Waals surface area contributed by atoms with Gasteiger partial charge in [-0.3, -0.25) is 9.69 Å². The number of aromatic nitrogens is 1. The number of hydrogen-bond acceptors (Lipinski definition) is 7. The van der Waals surface area contributed by atoms with Gasteiger partial charge >= 0.3 is 6.09 Å². The standard InChI is InChI=1S/C21H24FN5O4S/c1-13(28)23-10-16-12-27(21(29)31-16)15-3-4-18(17(22)9-15)25-5-7-26(8-6-25)20(32)19-11-24-14(2)30-19/h3-4,9,11,16H,5-8,10,12H2,1-2H3,(H,23,28)/t16-/m0/s1. The zero-order valence-corrected chi connectivity index (χ0v) is 18.7. The van der Waals surface area contributed by atoms with Crippen LogP contribution in [0.15, 0.2) is 28.8 Å². The van der Waals surface area contributed by atoms with Crippen molar-refractivity contribution in [1.29, 1.82) is 0 Å². The molecule has 2 aromatic rings. The molecule has 170 valence electrons. The fourth-order valence-corrected chi connectivity index (χ4v) is 4.06. The van der Waals surface area contributed by atoms with E-state index in [9.17, 15) is 14.0 Å². The minimum absolute atomic E-state index is 0.202. The predicted molar refractivity (Wildman–Crippen MR) is 119 cm³/mol. The van der Waals surface area contributed by atoms with Crippen molar-refractivity contribution in [3.8, 4) is 0 Å². The number of oxazole rings is 1. The first kappa shape index (κ1) is 22.0.